The Labute approximate surface area is 160 Å². The Bertz CT molecular complexity index is 1050. The molecule has 0 saturated carbocycles. The molecule has 0 fully saturated rings. The maximum Gasteiger partial charge on any atom is 0.313 e. The van der Waals surface area contributed by atoms with Crippen LogP contribution < -0.4 is 10.6 Å². The molecule has 3 aromatic rings. The highest BCUT2D eigenvalue weighted by molar-refractivity contribution is 6.39. The van der Waals surface area contributed by atoms with Gasteiger partial charge in [0.05, 0.1) is 0 Å². The van der Waals surface area contributed by atoms with E-state index >= 15 is 0 Å². The SMILES string of the molecule is Cn1ccnc1C(=O)c1cccc(NC(=O)C(=O)NCc2cccc(F)c2)c1. The highest BCUT2D eigenvalue weighted by Gasteiger charge is 2.17. The van der Waals surface area contributed by atoms with E-state index in [0.29, 0.717) is 16.8 Å². The molecule has 0 aliphatic heterocycles. The van der Waals surface area contributed by atoms with Crippen molar-refractivity contribution in [1.29, 1.82) is 0 Å². The molecule has 28 heavy (non-hydrogen) atoms. The molecule has 2 aromatic carbocycles. The van der Waals surface area contributed by atoms with Gasteiger partial charge in [-0.25, -0.2) is 9.37 Å². The van der Waals surface area contributed by atoms with Gasteiger partial charge >= 0.3 is 11.8 Å². The predicted molar refractivity (Wildman–Crippen MR) is 100.0 cm³/mol. The van der Waals surface area contributed by atoms with Gasteiger partial charge in [-0.15, -0.1) is 0 Å². The van der Waals surface area contributed by atoms with Gasteiger partial charge in [0.1, 0.15) is 5.82 Å². The van der Waals surface area contributed by atoms with Crippen LogP contribution in [0.2, 0.25) is 0 Å². The van der Waals surface area contributed by atoms with Crippen molar-refractivity contribution >= 4 is 23.3 Å². The minimum absolute atomic E-state index is 0.0156. The number of nitrogens with one attached hydrogen (secondary N) is 2. The van der Waals surface area contributed by atoms with Crippen LogP contribution >= 0.6 is 0 Å². The highest BCUT2D eigenvalue weighted by atomic mass is 19.1. The van der Waals surface area contributed by atoms with Crippen LogP contribution in [0.4, 0.5) is 10.1 Å². The number of hydrogen-bond acceptors (Lipinski definition) is 4. The molecule has 0 saturated heterocycles. The zero-order valence-electron chi connectivity index (χ0n) is 15.0. The van der Waals surface area contributed by atoms with Gasteiger partial charge in [-0.2, -0.15) is 0 Å². The summed E-state index contributed by atoms with van der Waals surface area (Å²) in [6.07, 6.45) is 3.17. The van der Waals surface area contributed by atoms with E-state index in [0.717, 1.165) is 0 Å². The smallest absolute Gasteiger partial charge is 0.313 e. The molecular weight excluding hydrogens is 363 g/mol. The van der Waals surface area contributed by atoms with Crippen LogP contribution in [-0.2, 0) is 23.2 Å². The van der Waals surface area contributed by atoms with Gasteiger partial charge in [-0.3, -0.25) is 14.4 Å². The standard InChI is InChI=1S/C20H17FN4O3/c1-25-9-8-22-18(25)17(26)14-5-3-7-16(11-14)24-20(28)19(27)23-12-13-4-2-6-15(21)10-13/h2-11H,12H2,1H3,(H,23,27)(H,24,28). The quantitative estimate of drug-likeness (QED) is 0.523. The van der Waals surface area contributed by atoms with Gasteiger partial charge in [0.25, 0.3) is 0 Å². The van der Waals surface area contributed by atoms with Crippen LogP contribution in [-0.4, -0.2) is 27.1 Å². The van der Waals surface area contributed by atoms with Gasteiger partial charge < -0.3 is 15.2 Å². The predicted octanol–water partition coefficient (Wildman–Crippen LogP) is 2.05. The summed E-state index contributed by atoms with van der Waals surface area (Å²) in [6, 6.07) is 11.9. The Morgan fingerprint density at radius 3 is 2.57 bits per heavy atom. The van der Waals surface area contributed by atoms with E-state index in [1.165, 1.54) is 30.5 Å². The number of halogens is 1. The van der Waals surface area contributed by atoms with Crippen molar-refractivity contribution in [2.24, 2.45) is 7.05 Å². The summed E-state index contributed by atoms with van der Waals surface area (Å²) in [4.78, 5) is 40.5. The van der Waals surface area contributed by atoms with Gasteiger partial charge in [-0.05, 0) is 29.8 Å². The molecule has 2 N–H and O–H groups in total. The molecule has 7 nitrogen and oxygen atoms in total. The van der Waals surface area contributed by atoms with Crippen molar-refractivity contribution in [3.8, 4) is 0 Å². The first-order valence-corrected chi connectivity index (χ1v) is 8.40. The Morgan fingerprint density at radius 2 is 1.86 bits per heavy atom. The largest absolute Gasteiger partial charge is 0.344 e. The maximum absolute atomic E-state index is 13.1. The van der Waals surface area contributed by atoms with E-state index in [9.17, 15) is 18.8 Å². The fourth-order valence-corrected chi connectivity index (χ4v) is 2.55. The lowest BCUT2D eigenvalue weighted by Gasteiger charge is -2.08. The van der Waals surface area contributed by atoms with Crippen LogP contribution in [0.5, 0.6) is 0 Å². The molecule has 142 valence electrons. The van der Waals surface area contributed by atoms with E-state index in [4.69, 9.17) is 0 Å². The normalized spacial score (nSPS) is 10.4. The van der Waals surface area contributed by atoms with E-state index in [1.807, 2.05) is 0 Å². The third kappa shape index (κ3) is 4.47. The number of anilines is 1. The number of ketones is 1. The number of carbonyl (C=O) groups is 3. The molecule has 1 aromatic heterocycles. The second kappa shape index (κ2) is 8.26. The Balaban J connectivity index is 1.63. The first kappa shape index (κ1) is 19.0. The summed E-state index contributed by atoms with van der Waals surface area (Å²) in [5.41, 5.74) is 1.15. The molecule has 1 heterocycles. The lowest BCUT2D eigenvalue weighted by atomic mass is 10.1. The molecule has 2 amide bonds. The van der Waals surface area contributed by atoms with Crippen molar-refractivity contribution in [2.45, 2.75) is 6.54 Å². The average Bonchev–Trinajstić information content (AvgIpc) is 3.11. The van der Waals surface area contributed by atoms with Crippen LogP contribution in [0.1, 0.15) is 21.7 Å². The van der Waals surface area contributed by atoms with E-state index < -0.39 is 17.6 Å². The second-order valence-electron chi connectivity index (χ2n) is 6.04. The van der Waals surface area contributed by atoms with Crippen LogP contribution in [0.3, 0.4) is 0 Å². The highest BCUT2D eigenvalue weighted by Crippen LogP contribution is 2.14. The number of carbonyl (C=O) groups excluding carboxylic acids is 3. The van der Waals surface area contributed by atoms with Crippen molar-refractivity contribution in [3.63, 3.8) is 0 Å². The van der Waals surface area contributed by atoms with Gasteiger partial charge in [-0.1, -0.05) is 24.3 Å². The van der Waals surface area contributed by atoms with Gasteiger partial charge in [0, 0.05) is 37.2 Å². The van der Waals surface area contributed by atoms with Gasteiger partial charge in [0.2, 0.25) is 5.78 Å². The zero-order chi connectivity index (χ0) is 20.1. The average molecular weight is 380 g/mol. The lowest BCUT2D eigenvalue weighted by Crippen LogP contribution is -2.35. The minimum atomic E-state index is -0.891. The number of aromatic nitrogens is 2. The first-order valence-electron chi connectivity index (χ1n) is 8.40. The van der Waals surface area contributed by atoms with Crippen LogP contribution in [0.15, 0.2) is 60.9 Å². The number of rotatable bonds is 5. The Kier molecular flexibility index (Phi) is 5.59. The maximum atomic E-state index is 13.1. The fourth-order valence-electron chi connectivity index (χ4n) is 2.55. The number of nitrogens with zero attached hydrogens (tertiary/aromatic N) is 2. The minimum Gasteiger partial charge on any atom is -0.344 e. The molecule has 3 rings (SSSR count). The summed E-state index contributed by atoms with van der Waals surface area (Å²) >= 11 is 0. The fraction of sp³-hybridized carbons (Fsp3) is 0.100. The van der Waals surface area contributed by atoms with Crippen molar-refractivity contribution < 1.29 is 18.8 Å². The van der Waals surface area contributed by atoms with Crippen molar-refractivity contribution in [2.75, 3.05) is 5.32 Å². The summed E-state index contributed by atoms with van der Waals surface area (Å²) in [5.74, 6) is -2.23. The number of hydrogen-bond donors (Lipinski definition) is 2. The van der Waals surface area contributed by atoms with Gasteiger partial charge in [0.15, 0.2) is 5.82 Å². The number of aryl methyl sites for hydroxylation is 1. The lowest BCUT2D eigenvalue weighted by molar-refractivity contribution is -0.136. The second-order valence-corrected chi connectivity index (χ2v) is 6.04. The zero-order valence-corrected chi connectivity index (χ0v) is 15.0. The van der Waals surface area contributed by atoms with Crippen molar-refractivity contribution in [3.05, 3.63) is 83.7 Å². The molecule has 0 radical (unpaired) electrons. The number of benzene rings is 2. The molecule has 0 spiro atoms. The first-order chi connectivity index (χ1) is 13.4. The van der Waals surface area contributed by atoms with Crippen LogP contribution in [0.25, 0.3) is 0 Å². The molecule has 0 aliphatic rings. The summed E-state index contributed by atoms with van der Waals surface area (Å²) in [5, 5.41) is 4.86. The summed E-state index contributed by atoms with van der Waals surface area (Å²) in [7, 11) is 1.70. The van der Waals surface area contributed by atoms with Crippen molar-refractivity contribution in [1.82, 2.24) is 14.9 Å². The summed E-state index contributed by atoms with van der Waals surface area (Å²) < 4.78 is 14.7. The Hall–Kier alpha value is -3.81. The van der Waals surface area contributed by atoms with Crippen LogP contribution in [0, 0.1) is 5.82 Å². The molecule has 0 aliphatic carbocycles. The molecule has 0 atom stereocenters. The number of imidazole rings is 1. The third-order valence-electron chi connectivity index (χ3n) is 3.96. The monoisotopic (exact) mass is 380 g/mol. The van der Waals surface area contributed by atoms with E-state index in [-0.39, 0.29) is 18.2 Å². The Morgan fingerprint density at radius 1 is 1.07 bits per heavy atom. The molecule has 0 bridgehead atoms. The third-order valence-corrected chi connectivity index (χ3v) is 3.96. The molecular formula is C20H17FN4O3. The topological polar surface area (TPSA) is 93.1 Å². The summed E-state index contributed by atoms with van der Waals surface area (Å²) in [6.45, 7) is 0.0156. The number of amides is 2. The van der Waals surface area contributed by atoms with E-state index in [2.05, 4.69) is 15.6 Å². The molecule has 0 unspecified atom stereocenters. The molecule has 8 heteroatoms. The van der Waals surface area contributed by atoms with E-state index in [1.54, 1.807) is 42.1 Å².